The fourth-order valence-electron chi connectivity index (χ4n) is 2.39. The van der Waals surface area contributed by atoms with Crippen LogP contribution in [0, 0.1) is 5.82 Å². The standard InChI is InChI=1S/C21H15BrFN3O2/c22-18-7-3-1-5-15(18)13-24-26-21(28)17-6-2-4-8-19(17)25-20(27)14-9-11-16(23)12-10-14/h1-13H,(H,25,27)(H,26,28). The van der Waals surface area contributed by atoms with E-state index in [0.29, 0.717) is 5.69 Å². The highest BCUT2D eigenvalue weighted by Gasteiger charge is 2.13. The van der Waals surface area contributed by atoms with Gasteiger partial charge in [-0.1, -0.05) is 46.3 Å². The lowest BCUT2D eigenvalue weighted by atomic mass is 10.1. The smallest absolute Gasteiger partial charge is 0.273 e. The number of carbonyl (C=O) groups excluding carboxylic acids is 2. The Morgan fingerprint density at radius 2 is 1.57 bits per heavy atom. The van der Waals surface area contributed by atoms with E-state index in [0.717, 1.165) is 10.0 Å². The lowest BCUT2D eigenvalue weighted by Gasteiger charge is -2.10. The molecule has 7 heteroatoms. The van der Waals surface area contributed by atoms with Crippen molar-refractivity contribution >= 4 is 39.6 Å². The van der Waals surface area contributed by atoms with Gasteiger partial charge in [0.05, 0.1) is 17.5 Å². The maximum absolute atomic E-state index is 13.0. The molecule has 3 aromatic rings. The molecule has 0 aliphatic heterocycles. The van der Waals surface area contributed by atoms with Gasteiger partial charge in [0.2, 0.25) is 0 Å². The van der Waals surface area contributed by atoms with Gasteiger partial charge in [0, 0.05) is 15.6 Å². The van der Waals surface area contributed by atoms with Crippen molar-refractivity contribution in [3.63, 3.8) is 0 Å². The van der Waals surface area contributed by atoms with Crippen LogP contribution in [0.5, 0.6) is 0 Å². The molecular formula is C21H15BrFN3O2. The van der Waals surface area contributed by atoms with Gasteiger partial charge < -0.3 is 5.32 Å². The van der Waals surface area contributed by atoms with Gasteiger partial charge in [0.15, 0.2) is 0 Å². The summed E-state index contributed by atoms with van der Waals surface area (Å²) in [5.41, 5.74) is 4.11. The lowest BCUT2D eigenvalue weighted by Crippen LogP contribution is -2.21. The molecular weight excluding hydrogens is 425 g/mol. The number of nitrogens with zero attached hydrogens (tertiary/aromatic N) is 1. The molecule has 0 spiro atoms. The molecule has 0 heterocycles. The normalized spacial score (nSPS) is 10.6. The van der Waals surface area contributed by atoms with Gasteiger partial charge in [0.25, 0.3) is 11.8 Å². The zero-order valence-corrected chi connectivity index (χ0v) is 16.1. The van der Waals surface area contributed by atoms with E-state index in [1.807, 2.05) is 24.3 Å². The van der Waals surface area contributed by atoms with Crippen LogP contribution in [-0.4, -0.2) is 18.0 Å². The zero-order valence-electron chi connectivity index (χ0n) is 14.5. The molecule has 140 valence electrons. The molecule has 0 radical (unpaired) electrons. The first-order chi connectivity index (χ1) is 13.5. The number of rotatable bonds is 5. The maximum atomic E-state index is 13.0. The second-order valence-corrected chi connectivity index (χ2v) is 6.58. The van der Waals surface area contributed by atoms with Crippen molar-refractivity contribution in [2.75, 3.05) is 5.32 Å². The number of benzene rings is 3. The number of halogens is 2. The molecule has 28 heavy (non-hydrogen) atoms. The minimum atomic E-state index is -0.474. The summed E-state index contributed by atoms with van der Waals surface area (Å²) < 4.78 is 13.9. The number of hydrazone groups is 1. The highest BCUT2D eigenvalue weighted by Crippen LogP contribution is 2.17. The summed E-state index contributed by atoms with van der Waals surface area (Å²) in [6, 6.07) is 19.1. The first-order valence-electron chi connectivity index (χ1n) is 8.28. The molecule has 5 nitrogen and oxygen atoms in total. The number of para-hydroxylation sites is 1. The second kappa shape index (κ2) is 9.05. The van der Waals surface area contributed by atoms with Crippen LogP contribution in [-0.2, 0) is 0 Å². The first kappa shape index (κ1) is 19.4. The minimum Gasteiger partial charge on any atom is -0.321 e. The van der Waals surface area contributed by atoms with Crippen LogP contribution < -0.4 is 10.7 Å². The predicted molar refractivity (Wildman–Crippen MR) is 110 cm³/mol. The van der Waals surface area contributed by atoms with Crippen molar-refractivity contribution in [2.24, 2.45) is 5.10 Å². The van der Waals surface area contributed by atoms with Crippen LogP contribution in [0.4, 0.5) is 10.1 Å². The van der Waals surface area contributed by atoms with Crippen molar-refractivity contribution in [2.45, 2.75) is 0 Å². The molecule has 0 aliphatic rings. The van der Waals surface area contributed by atoms with Crippen molar-refractivity contribution < 1.29 is 14.0 Å². The van der Waals surface area contributed by atoms with E-state index >= 15 is 0 Å². The van der Waals surface area contributed by atoms with E-state index < -0.39 is 17.6 Å². The van der Waals surface area contributed by atoms with E-state index in [-0.39, 0.29) is 11.1 Å². The third kappa shape index (κ3) is 4.89. The summed E-state index contributed by atoms with van der Waals surface area (Å²) in [5.74, 6) is -1.35. The predicted octanol–water partition coefficient (Wildman–Crippen LogP) is 4.60. The average molecular weight is 440 g/mol. The Morgan fingerprint density at radius 1 is 0.893 bits per heavy atom. The van der Waals surface area contributed by atoms with Crippen molar-refractivity contribution in [3.8, 4) is 0 Å². The number of hydrogen-bond acceptors (Lipinski definition) is 3. The lowest BCUT2D eigenvalue weighted by molar-refractivity contribution is 0.0956. The summed E-state index contributed by atoms with van der Waals surface area (Å²) in [7, 11) is 0. The van der Waals surface area contributed by atoms with Gasteiger partial charge in [0.1, 0.15) is 5.82 Å². The number of hydrogen-bond donors (Lipinski definition) is 2. The summed E-state index contributed by atoms with van der Waals surface area (Å²) in [6.45, 7) is 0. The monoisotopic (exact) mass is 439 g/mol. The summed E-state index contributed by atoms with van der Waals surface area (Å²) in [5, 5.41) is 6.62. The topological polar surface area (TPSA) is 70.6 Å². The largest absolute Gasteiger partial charge is 0.321 e. The molecule has 0 unspecified atom stereocenters. The third-order valence-corrected chi connectivity index (χ3v) is 4.52. The Bertz CT molecular complexity index is 1040. The Morgan fingerprint density at radius 3 is 2.32 bits per heavy atom. The Balaban J connectivity index is 1.72. The molecule has 0 aromatic heterocycles. The van der Waals surface area contributed by atoms with Gasteiger partial charge in [-0.05, 0) is 42.5 Å². The molecule has 0 atom stereocenters. The van der Waals surface area contributed by atoms with Crippen LogP contribution in [0.1, 0.15) is 26.3 Å². The van der Waals surface area contributed by atoms with E-state index in [1.54, 1.807) is 24.3 Å². The van der Waals surface area contributed by atoms with Crippen molar-refractivity contribution in [1.29, 1.82) is 0 Å². The van der Waals surface area contributed by atoms with Gasteiger partial charge in [-0.3, -0.25) is 9.59 Å². The van der Waals surface area contributed by atoms with Crippen LogP contribution >= 0.6 is 15.9 Å². The SMILES string of the molecule is O=C(Nc1ccccc1C(=O)NN=Cc1ccccc1Br)c1ccc(F)cc1. The highest BCUT2D eigenvalue weighted by molar-refractivity contribution is 9.10. The number of anilines is 1. The molecule has 0 saturated heterocycles. The third-order valence-electron chi connectivity index (χ3n) is 3.80. The zero-order chi connectivity index (χ0) is 19.9. The number of carbonyl (C=O) groups is 2. The highest BCUT2D eigenvalue weighted by atomic mass is 79.9. The molecule has 3 aromatic carbocycles. The fraction of sp³-hybridized carbons (Fsp3) is 0. The minimum absolute atomic E-state index is 0.252. The van der Waals surface area contributed by atoms with Crippen LogP contribution in [0.3, 0.4) is 0 Å². The molecule has 2 N–H and O–H groups in total. The molecule has 0 bridgehead atoms. The van der Waals surface area contributed by atoms with Crippen LogP contribution in [0.2, 0.25) is 0 Å². The van der Waals surface area contributed by atoms with Gasteiger partial charge in [-0.25, -0.2) is 9.82 Å². The summed E-state index contributed by atoms with van der Waals surface area (Å²) in [4.78, 5) is 24.8. The molecule has 0 aliphatic carbocycles. The van der Waals surface area contributed by atoms with Gasteiger partial charge in [-0.2, -0.15) is 5.10 Å². The molecule has 2 amide bonds. The Labute approximate surface area is 169 Å². The van der Waals surface area contributed by atoms with Crippen LogP contribution in [0.25, 0.3) is 0 Å². The van der Waals surface area contributed by atoms with E-state index in [1.165, 1.54) is 30.5 Å². The number of amides is 2. The number of nitrogens with one attached hydrogen (secondary N) is 2. The summed E-state index contributed by atoms with van der Waals surface area (Å²) in [6.07, 6.45) is 1.52. The van der Waals surface area contributed by atoms with Gasteiger partial charge >= 0.3 is 0 Å². The average Bonchev–Trinajstić information content (AvgIpc) is 2.70. The van der Waals surface area contributed by atoms with Gasteiger partial charge in [-0.15, -0.1) is 0 Å². The second-order valence-electron chi connectivity index (χ2n) is 5.73. The summed E-state index contributed by atoms with van der Waals surface area (Å²) >= 11 is 3.40. The maximum Gasteiger partial charge on any atom is 0.273 e. The first-order valence-corrected chi connectivity index (χ1v) is 9.08. The van der Waals surface area contributed by atoms with Crippen LogP contribution in [0.15, 0.2) is 82.4 Å². The van der Waals surface area contributed by atoms with E-state index in [4.69, 9.17) is 0 Å². The quantitative estimate of drug-likeness (QED) is 0.450. The Hall–Kier alpha value is -3.32. The van der Waals surface area contributed by atoms with E-state index in [2.05, 4.69) is 31.8 Å². The molecule has 0 saturated carbocycles. The molecule has 0 fully saturated rings. The fourth-order valence-corrected chi connectivity index (χ4v) is 2.77. The Kier molecular flexibility index (Phi) is 6.29. The van der Waals surface area contributed by atoms with Crippen molar-refractivity contribution in [1.82, 2.24) is 5.43 Å². The molecule has 3 rings (SSSR count). The van der Waals surface area contributed by atoms with E-state index in [9.17, 15) is 14.0 Å². The van der Waals surface area contributed by atoms with Crippen molar-refractivity contribution in [3.05, 3.63) is 99.8 Å².